The van der Waals surface area contributed by atoms with Gasteiger partial charge in [0, 0.05) is 25.1 Å². The molecule has 0 aliphatic carbocycles. The number of pyridine rings is 1. The Morgan fingerprint density at radius 1 is 1.10 bits per heavy atom. The molecule has 0 radical (unpaired) electrons. The highest BCUT2D eigenvalue weighted by atomic mass is 16.5. The van der Waals surface area contributed by atoms with E-state index in [2.05, 4.69) is 20.7 Å². The van der Waals surface area contributed by atoms with E-state index < -0.39 is 0 Å². The number of methoxy groups -OCH3 is 2. The van der Waals surface area contributed by atoms with E-state index in [1.54, 1.807) is 49.6 Å². The highest BCUT2D eigenvalue weighted by Gasteiger charge is 2.10. The summed E-state index contributed by atoms with van der Waals surface area (Å²) in [5.74, 6) is 0.660. The van der Waals surface area contributed by atoms with Gasteiger partial charge in [0.25, 0.3) is 5.91 Å². The van der Waals surface area contributed by atoms with Crippen LogP contribution >= 0.6 is 0 Å². The van der Waals surface area contributed by atoms with Gasteiger partial charge in [0.15, 0.2) is 11.5 Å². The first-order valence-electron chi connectivity index (χ1n) is 9.30. The molecule has 2 heterocycles. The van der Waals surface area contributed by atoms with Crippen molar-refractivity contribution in [2.75, 3.05) is 26.1 Å². The van der Waals surface area contributed by atoms with Crippen LogP contribution in [-0.2, 0) is 17.8 Å². The molecular weight excluding hydrogens is 386 g/mol. The van der Waals surface area contributed by atoms with Gasteiger partial charge < -0.3 is 20.1 Å². The van der Waals surface area contributed by atoms with Gasteiger partial charge in [-0.25, -0.2) is 0 Å². The number of hydrogen-bond donors (Lipinski definition) is 2. The number of rotatable bonds is 9. The number of hydrogen-bond acceptors (Lipinski definition) is 6. The lowest BCUT2D eigenvalue weighted by Gasteiger charge is -2.09. The quantitative estimate of drug-likeness (QED) is 0.559. The van der Waals surface area contributed by atoms with Gasteiger partial charge in [-0.3, -0.25) is 19.3 Å². The summed E-state index contributed by atoms with van der Waals surface area (Å²) in [6.07, 6.45) is 7.05. The molecule has 0 atom stereocenters. The van der Waals surface area contributed by atoms with Crippen LogP contribution < -0.4 is 20.1 Å². The van der Waals surface area contributed by atoms with Gasteiger partial charge in [-0.05, 0) is 36.2 Å². The van der Waals surface area contributed by atoms with Gasteiger partial charge >= 0.3 is 0 Å². The van der Waals surface area contributed by atoms with Crippen LogP contribution in [0.1, 0.15) is 15.9 Å². The molecule has 156 valence electrons. The lowest BCUT2D eigenvalue weighted by molar-refractivity contribution is -0.115. The molecule has 0 bridgehead atoms. The molecule has 9 heteroatoms. The van der Waals surface area contributed by atoms with Crippen LogP contribution in [0.15, 0.2) is 55.1 Å². The topological polar surface area (TPSA) is 107 Å². The van der Waals surface area contributed by atoms with Gasteiger partial charge in [-0.1, -0.05) is 6.07 Å². The molecule has 0 aliphatic heterocycles. The number of benzene rings is 1. The zero-order valence-electron chi connectivity index (χ0n) is 16.8. The monoisotopic (exact) mass is 409 g/mol. The van der Waals surface area contributed by atoms with Crippen molar-refractivity contribution in [1.29, 1.82) is 0 Å². The van der Waals surface area contributed by atoms with E-state index in [-0.39, 0.29) is 18.4 Å². The summed E-state index contributed by atoms with van der Waals surface area (Å²) in [5, 5.41) is 9.52. The minimum Gasteiger partial charge on any atom is -0.493 e. The van der Waals surface area contributed by atoms with Crippen molar-refractivity contribution in [3.8, 4) is 11.5 Å². The molecule has 0 saturated heterocycles. The molecule has 9 nitrogen and oxygen atoms in total. The second-order valence-electron chi connectivity index (χ2n) is 6.40. The smallest absolute Gasteiger partial charge is 0.253 e. The first-order chi connectivity index (χ1) is 14.6. The van der Waals surface area contributed by atoms with Crippen LogP contribution in [-0.4, -0.2) is 47.3 Å². The SMILES string of the molecule is COc1ccc(CCn2cc(NC(=O)CNC(=O)c3cccnc3)cn2)cc1OC. The van der Waals surface area contributed by atoms with Crippen LogP contribution in [0.5, 0.6) is 11.5 Å². The van der Waals surface area contributed by atoms with Gasteiger partial charge in [0.1, 0.15) is 0 Å². The van der Waals surface area contributed by atoms with E-state index in [1.165, 1.54) is 6.20 Å². The molecular formula is C21H23N5O4. The Hall–Kier alpha value is -3.88. The standard InChI is InChI=1S/C21H23N5O4/c1-29-18-6-5-15(10-19(18)30-2)7-9-26-14-17(12-24-26)25-20(27)13-23-21(28)16-4-3-8-22-11-16/h3-6,8,10-12,14H,7,9,13H2,1-2H3,(H,23,28)(H,25,27). The minimum atomic E-state index is -0.358. The Labute approximate surface area is 174 Å². The number of amides is 2. The van der Waals surface area contributed by atoms with Crippen molar-refractivity contribution in [3.63, 3.8) is 0 Å². The van der Waals surface area contributed by atoms with E-state index >= 15 is 0 Å². The fraction of sp³-hybridized carbons (Fsp3) is 0.238. The highest BCUT2D eigenvalue weighted by Crippen LogP contribution is 2.27. The maximum absolute atomic E-state index is 12.1. The maximum atomic E-state index is 12.1. The van der Waals surface area contributed by atoms with Crippen molar-refractivity contribution in [2.45, 2.75) is 13.0 Å². The molecule has 3 aromatic rings. The van der Waals surface area contributed by atoms with Crippen LogP contribution in [0.2, 0.25) is 0 Å². The molecule has 0 spiro atoms. The molecule has 2 aromatic heterocycles. The number of anilines is 1. The fourth-order valence-electron chi connectivity index (χ4n) is 2.80. The van der Waals surface area contributed by atoms with Gasteiger partial charge in [-0.2, -0.15) is 5.10 Å². The number of carbonyl (C=O) groups is 2. The van der Waals surface area contributed by atoms with E-state index in [0.29, 0.717) is 29.3 Å². The molecule has 1 aromatic carbocycles. The fourth-order valence-corrected chi connectivity index (χ4v) is 2.80. The highest BCUT2D eigenvalue weighted by molar-refractivity contribution is 5.99. The first-order valence-corrected chi connectivity index (χ1v) is 9.30. The predicted molar refractivity (Wildman–Crippen MR) is 111 cm³/mol. The second-order valence-corrected chi connectivity index (χ2v) is 6.40. The average Bonchev–Trinajstić information content (AvgIpc) is 3.23. The van der Waals surface area contributed by atoms with Gasteiger partial charge in [-0.15, -0.1) is 0 Å². The lowest BCUT2D eigenvalue weighted by Crippen LogP contribution is -2.32. The van der Waals surface area contributed by atoms with Crippen LogP contribution in [0, 0.1) is 0 Å². The Kier molecular flexibility index (Phi) is 6.99. The molecule has 0 unspecified atom stereocenters. The van der Waals surface area contributed by atoms with E-state index in [0.717, 1.165) is 12.0 Å². The molecule has 2 N–H and O–H groups in total. The second kappa shape index (κ2) is 10.1. The molecule has 30 heavy (non-hydrogen) atoms. The molecule has 0 saturated carbocycles. The Bertz CT molecular complexity index is 1000. The summed E-state index contributed by atoms with van der Waals surface area (Å²) in [6.45, 7) is 0.480. The molecule has 2 amide bonds. The maximum Gasteiger partial charge on any atom is 0.253 e. The predicted octanol–water partition coefficient (Wildman–Crippen LogP) is 1.91. The van der Waals surface area contributed by atoms with Crippen molar-refractivity contribution in [2.24, 2.45) is 0 Å². The average molecular weight is 409 g/mol. The normalized spacial score (nSPS) is 10.3. The Morgan fingerprint density at radius 3 is 2.67 bits per heavy atom. The third-order valence-electron chi connectivity index (χ3n) is 4.33. The summed E-state index contributed by atoms with van der Waals surface area (Å²) in [5.41, 5.74) is 2.03. The number of aryl methyl sites for hydroxylation is 2. The van der Waals surface area contributed by atoms with E-state index in [9.17, 15) is 9.59 Å². The van der Waals surface area contributed by atoms with E-state index in [4.69, 9.17) is 9.47 Å². The minimum absolute atomic E-state index is 0.148. The zero-order chi connectivity index (χ0) is 21.3. The summed E-state index contributed by atoms with van der Waals surface area (Å²) >= 11 is 0. The van der Waals surface area contributed by atoms with Crippen LogP contribution in [0.25, 0.3) is 0 Å². The third kappa shape index (κ3) is 5.57. The Balaban J connectivity index is 1.48. The van der Waals surface area contributed by atoms with Crippen molar-refractivity contribution < 1.29 is 19.1 Å². The van der Waals surface area contributed by atoms with E-state index in [1.807, 2.05) is 18.2 Å². The molecule has 0 aliphatic rings. The summed E-state index contributed by atoms with van der Waals surface area (Å²) in [6, 6.07) is 9.05. The zero-order valence-corrected chi connectivity index (χ0v) is 16.8. The number of nitrogens with zero attached hydrogens (tertiary/aromatic N) is 3. The molecule has 3 rings (SSSR count). The van der Waals surface area contributed by atoms with Gasteiger partial charge in [0.05, 0.1) is 38.2 Å². The van der Waals surface area contributed by atoms with Crippen molar-refractivity contribution in [3.05, 3.63) is 66.2 Å². The summed E-state index contributed by atoms with van der Waals surface area (Å²) in [7, 11) is 3.20. The third-order valence-corrected chi connectivity index (χ3v) is 4.33. The summed E-state index contributed by atoms with van der Waals surface area (Å²) in [4.78, 5) is 27.9. The molecule has 0 fully saturated rings. The lowest BCUT2D eigenvalue weighted by atomic mass is 10.1. The summed E-state index contributed by atoms with van der Waals surface area (Å²) < 4.78 is 12.3. The van der Waals surface area contributed by atoms with Gasteiger partial charge in [0.2, 0.25) is 5.91 Å². The largest absolute Gasteiger partial charge is 0.493 e. The first kappa shape index (κ1) is 20.8. The van der Waals surface area contributed by atoms with Crippen LogP contribution in [0.4, 0.5) is 5.69 Å². The van der Waals surface area contributed by atoms with Crippen molar-refractivity contribution >= 4 is 17.5 Å². The Morgan fingerprint density at radius 2 is 1.93 bits per heavy atom. The number of ether oxygens (including phenoxy) is 2. The number of carbonyl (C=O) groups excluding carboxylic acids is 2. The van der Waals surface area contributed by atoms with Crippen molar-refractivity contribution in [1.82, 2.24) is 20.1 Å². The number of aromatic nitrogens is 3. The van der Waals surface area contributed by atoms with Crippen LogP contribution in [0.3, 0.4) is 0 Å². The number of nitrogens with one attached hydrogen (secondary N) is 2.